The summed E-state index contributed by atoms with van der Waals surface area (Å²) in [5, 5.41) is 34.6. The van der Waals surface area contributed by atoms with Crippen LogP contribution in [0.5, 0.6) is 11.6 Å². The first-order chi connectivity index (χ1) is 32.4. The summed E-state index contributed by atoms with van der Waals surface area (Å²) in [6.07, 6.45) is 3.29. The number of aryl methyl sites for hydroxylation is 1. The highest BCUT2D eigenvalue weighted by Crippen LogP contribution is 2.55. The van der Waals surface area contributed by atoms with Crippen LogP contribution >= 0.6 is 22.9 Å². The molecule has 0 spiro atoms. The third kappa shape index (κ3) is 10.8. The zero-order chi connectivity index (χ0) is 48.9. The summed E-state index contributed by atoms with van der Waals surface area (Å²) >= 11 is 7.84. The van der Waals surface area contributed by atoms with E-state index in [1.807, 2.05) is 81.7 Å². The molecular formula is C52H63ClN8O6S. The molecule has 4 N–H and O–H groups in total. The van der Waals surface area contributed by atoms with E-state index in [9.17, 15) is 24.8 Å². The van der Waals surface area contributed by atoms with Gasteiger partial charge in [-0.1, -0.05) is 77.4 Å². The summed E-state index contributed by atoms with van der Waals surface area (Å²) in [5.41, 5.74) is 5.93. The number of carbonyl (C=O) groups is 3. The van der Waals surface area contributed by atoms with Crippen LogP contribution in [0.15, 0.2) is 84.5 Å². The number of hydrogen-bond donors (Lipinski definition) is 4. The van der Waals surface area contributed by atoms with Crippen LogP contribution in [0, 0.1) is 35.0 Å². The molecule has 16 heteroatoms. The van der Waals surface area contributed by atoms with Crippen LogP contribution in [0.1, 0.15) is 113 Å². The minimum absolute atomic E-state index is 0.0525. The third-order valence-corrected chi connectivity index (χ3v) is 14.7. The van der Waals surface area contributed by atoms with E-state index in [0.29, 0.717) is 34.4 Å². The number of anilines is 1. The fourth-order valence-corrected chi connectivity index (χ4v) is 11.1. The molecule has 3 aromatic carbocycles. The van der Waals surface area contributed by atoms with Crippen LogP contribution in [0.25, 0.3) is 10.4 Å². The number of amides is 3. The summed E-state index contributed by atoms with van der Waals surface area (Å²) in [7, 11) is 0. The van der Waals surface area contributed by atoms with Gasteiger partial charge in [0, 0.05) is 59.8 Å². The summed E-state index contributed by atoms with van der Waals surface area (Å²) in [4.78, 5) is 48.4. The Kier molecular flexibility index (Phi) is 15.5. The number of aliphatic hydroxyl groups excluding tert-OH is 1. The molecule has 68 heavy (non-hydrogen) atoms. The van der Waals surface area contributed by atoms with Crippen molar-refractivity contribution in [1.29, 1.82) is 5.26 Å². The highest BCUT2D eigenvalue weighted by atomic mass is 35.5. The molecule has 5 aromatic rings. The number of nitriles is 1. The van der Waals surface area contributed by atoms with Gasteiger partial charge in [-0.05, 0) is 86.6 Å². The number of benzene rings is 3. The van der Waals surface area contributed by atoms with Gasteiger partial charge in [0.15, 0.2) is 0 Å². The lowest BCUT2D eigenvalue weighted by atomic mass is 9.49. The number of aliphatic hydroxyl groups is 1. The Labute approximate surface area is 408 Å². The van der Waals surface area contributed by atoms with E-state index >= 15 is 0 Å². The molecule has 0 bridgehead atoms. The number of carbonyl (C=O) groups excluding carboxylic acids is 3. The monoisotopic (exact) mass is 962 g/mol. The van der Waals surface area contributed by atoms with Crippen LogP contribution in [0.3, 0.4) is 0 Å². The third-order valence-electron chi connectivity index (χ3n) is 13.4. The minimum atomic E-state index is -0.831. The molecule has 1 saturated heterocycles. The lowest BCUT2D eigenvalue weighted by molar-refractivity contribution is -0.164. The van der Waals surface area contributed by atoms with Crippen molar-refractivity contribution in [3.63, 3.8) is 0 Å². The molecule has 1 aliphatic carbocycles. The van der Waals surface area contributed by atoms with Gasteiger partial charge in [-0.15, -0.1) is 11.3 Å². The van der Waals surface area contributed by atoms with Crippen molar-refractivity contribution in [2.75, 3.05) is 25.0 Å². The molecule has 1 aliphatic heterocycles. The predicted molar refractivity (Wildman–Crippen MR) is 265 cm³/mol. The molecule has 360 valence electrons. The number of thiazole rings is 1. The molecule has 2 fully saturated rings. The van der Waals surface area contributed by atoms with Gasteiger partial charge in [-0.25, -0.2) is 9.67 Å². The standard InChI is InChI=1S/C52H63ClN8O6S/c1-31(2)44(48(65)60-29-39(62)26-42(60)47(64)58-32(3)34-12-14-35(15-13-34)45-33(4)56-30-68-45)61-43(22-24-57-61)66-25-11-9-10-23-55-38-19-16-36(17-20-38)46(63)59-49-51(5,6)50(52(49,7)8)67-40-21-18-37(28-54)41(53)27-40/h12-22,24,27,30-32,39,42,44,49-50,55,62H,9-11,23,25-26,29H2,1-8H3,(H,58,64)(H,59,63)/t32-,39?,42-,44-,49-,50-/m0/s1. The van der Waals surface area contributed by atoms with Crippen LogP contribution < -0.4 is 25.4 Å². The number of β-amino-alcohol motifs (C(OH)–C–C–N with tert-alkyl or cyclic N) is 1. The number of nitrogens with zero attached hydrogens (tertiary/aromatic N) is 5. The van der Waals surface area contributed by atoms with Crippen LogP contribution in [0.2, 0.25) is 5.02 Å². The summed E-state index contributed by atoms with van der Waals surface area (Å²) in [5.74, 6) is 0.115. The van der Waals surface area contributed by atoms with Crippen molar-refractivity contribution in [3.8, 4) is 28.1 Å². The Bertz CT molecular complexity index is 2590. The van der Waals surface area contributed by atoms with Gasteiger partial charge in [-0.3, -0.25) is 14.4 Å². The second kappa shape index (κ2) is 21.1. The van der Waals surface area contributed by atoms with Gasteiger partial charge < -0.3 is 35.4 Å². The number of likely N-dealkylation sites (tertiary alicyclic amines) is 1. The number of aromatic nitrogens is 3. The normalized spacial score (nSPS) is 20.2. The number of halogens is 1. The molecule has 4 atom stereocenters. The van der Waals surface area contributed by atoms with Crippen molar-refractivity contribution < 1.29 is 29.0 Å². The molecule has 0 radical (unpaired) electrons. The first-order valence-corrected chi connectivity index (χ1v) is 24.6. The van der Waals surface area contributed by atoms with Gasteiger partial charge in [0.25, 0.3) is 5.91 Å². The summed E-state index contributed by atoms with van der Waals surface area (Å²) in [6.45, 7) is 17.3. The fourth-order valence-electron chi connectivity index (χ4n) is 10.0. The molecule has 2 aromatic heterocycles. The maximum absolute atomic E-state index is 14.3. The topological polar surface area (TPSA) is 184 Å². The zero-order valence-electron chi connectivity index (χ0n) is 40.1. The highest BCUT2D eigenvalue weighted by molar-refractivity contribution is 7.13. The summed E-state index contributed by atoms with van der Waals surface area (Å²) in [6, 6.07) is 22.3. The van der Waals surface area contributed by atoms with E-state index in [4.69, 9.17) is 21.1 Å². The highest BCUT2D eigenvalue weighted by Gasteiger charge is 2.64. The number of rotatable bonds is 19. The van der Waals surface area contributed by atoms with Crippen molar-refractivity contribution in [2.24, 2.45) is 16.7 Å². The fraction of sp³-hybridized carbons (Fsp3) is 0.462. The Morgan fingerprint density at radius 3 is 2.35 bits per heavy atom. The van der Waals surface area contributed by atoms with Crippen LogP contribution in [-0.4, -0.2) is 86.5 Å². The van der Waals surface area contributed by atoms with E-state index in [0.717, 1.165) is 53.2 Å². The molecule has 7 rings (SSSR count). The van der Waals surface area contributed by atoms with Gasteiger partial charge >= 0.3 is 0 Å². The van der Waals surface area contributed by atoms with Gasteiger partial charge in [-0.2, -0.15) is 10.4 Å². The van der Waals surface area contributed by atoms with Gasteiger partial charge in [0.05, 0.1) is 51.6 Å². The van der Waals surface area contributed by atoms with Crippen molar-refractivity contribution >= 4 is 46.3 Å². The van der Waals surface area contributed by atoms with E-state index in [1.54, 1.807) is 46.5 Å². The molecular weight excluding hydrogens is 900 g/mol. The van der Waals surface area contributed by atoms with Crippen molar-refractivity contribution in [3.05, 3.63) is 112 Å². The molecule has 1 saturated carbocycles. The zero-order valence-corrected chi connectivity index (χ0v) is 41.7. The Morgan fingerprint density at radius 2 is 1.71 bits per heavy atom. The number of ether oxygens (including phenoxy) is 2. The molecule has 14 nitrogen and oxygen atoms in total. The number of nitrogens with one attached hydrogen (secondary N) is 3. The first-order valence-electron chi connectivity index (χ1n) is 23.4. The van der Waals surface area contributed by atoms with Crippen molar-refractivity contribution in [1.82, 2.24) is 30.3 Å². The van der Waals surface area contributed by atoms with E-state index in [-0.39, 0.29) is 65.6 Å². The van der Waals surface area contributed by atoms with Crippen LogP contribution in [0.4, 0.5) is 5.69 Å². The van der Waals surface area contributed by atoms with E-state index in [1.165, 1.54) is 4.90 Å². The predicted octanol–water partition coefficient (Wildman–Crippen LogP) is 9.15. The van der Waals surface area contributed by atoms with Gasteiger partial charge in [0.1, 0.15) is 30.0 Å². The molecule has 3 amide bonds. The largest absolute Gasteiger partial charge is 0.489 e. The Balaban J connectivity index is 0.846. The van der Waals surface area contributed by atoms with E-state index < -0.39 is 18.2 Å². The molecule has 1 unspecified atom stereocenters. The smallest absolute Gasteiger partial charge is 0.251 e. The van der Waals surface area contributed by atoms with Gasteiger partial charge in [0.2, 0.25) is 17.7 Å². The summed E-state index contributed by atoms with van der Waals surface area (Å²) < 4.78 is 14.2. The second-order valence-electron chi connectivity index (χ2n) is 19.5. The number of hydrogen-bond acceptors (Lipinski definition) is 11. The second-order valence-corrected chi connectivity index (χ2v) is 20.8. The maximum atomic E-state index is 14.3. The quantitative estimate of drug-likeness (QED) is 0.0583. The average Bonchev–Trinajstić information content (AvgIpc) is 4.06. The maximum Gasteiger partial charge on any atom is 0.251 e. The first kappa shape index (κ1) is 49.9. The molecule has 2 aliphatic rings. The minimum Gasteiger partial charge on any atom is -0.489 e. The Morgan fingerprint density at radius 1 is 0.985 bits per heavy atom. The Hall–Kier alpha value is -5.95. The van der Waals surface area contributed by atoms with E-state index in [2.05, 4.69) is 59.8 Å². The van der Waals surface area contributed by atoms with Crippen molar-refractivity contribution in [2.45, 2.75) is 117 Å². The van der Waals surface area contributed by atoms with Crippen LogP contribution in [-0.2, 0) is 9.59 Å². The lowest BCUT2D eigenvalue weighted by Crippen LogP contribution is -2.74. The lowest BCUT2D eigenvalue weighted by Gasteiger charge is -2.63. The SMILES string of the molecule is Cc1ncsc1-c1ccc([C@H](C)NC(=O)[C@@H]2CC(O)CN2C(=O)[C@H](C(C)C)n2nccc2OCCCCCNc2ccc(C(=O)N[C@H]3C(C)(C)[C@H](Oc4ccc(C#N)c(Cl)c4)C3(C)C)cc2)cc1. The molecule has 3 heterocycles. The number of unbranched alkanes of at least 4 members (excludes halogenated alkanes) is 2. The average molecular weight is 964 g/mol.